The maximum atomic E-state index is 12.0. The molecule has 3 heterocycles. The Hall–Kier alpha value is -3.00. The number of aliphatic hydroxyl groups is 1. The van der Waals surface area contributed by atoms with Crippen LogP contribution < -0.4 is 10.6 Å². The molecular formula is C16H18N4O4. The van der Waals surface area contributed by atoms with Gasteiger partial charge >= 0.3 is 6.03 Å². The SMILES string of the molecule is Cc1occc1-c1cc(NC(=O)NCc2ccco2)n(CCO)n1. The molecule has 0 radical (unpaired) electrons. The zero-order valence-electron chi connectivity index (χ0n) is 13.2. The zero-order chi connectivity index (χ0) is 16.9. The van der Waals surface area contributed by atoms with Crippen molar-refractivity contribution in [3.63, 3.8) is 0 Å². The number of anilines is 1. The molecule has 24 heavy (non-hydrogen) atoms. The van der Waals surface area contributed by atoms with Gasteiger partial charge < -0.3 is 19.3 Å². The van der Waals surface area contributed by atoms with Crippen LogP contribution in [-0.2, 0) is 13.1 Å². The van der Waals surface area contributed by atoms with E-state index in [1.54, 1.807) is 30.7 Å². The molecule has 3 rings (SSSR count). The fraction of sp³-hybridized carbons (Fsp3) is 0.250. The van der Waals surface area contributed by atoms with E-state index in [-0.39, 0.29) is 25.7 Å². The van der Waals surface area contributed by atoms with Gasteiger partial charge in [0.05, 0.1) is 37.9 Å². The Bertz CT molecular complexity index is 804. The van der Waals surface area contributed by atoms with Crippen LogP contribution in [0.1, 0.15) is 11.5 Å². The monoisotopic (exact) mass is 330 g/mol. The maximum absolute atomic E-state index is 12.0. The number of nitrogens with one attached hydrogen (secondary N) is 2. The average molecular weight is 330 g/mol. The lowest BCUT2D eigenvalue weighted by atomic mass is 10.2. The van der Waals surface area contributed by atoms with Gasteiger partial charge in [-0.25, -0.2) is 9.48 Å². The highest BCUT2D eigenvalue weighted by Gasteiger charge is 2.14. The van der Waals surface area contributed by atoms with E-state index in [4.69, 9.17) is 8.83 Å². The molecule has 0 aromatic carbocycles. The van der Waals surface area contributed by atoms with Crippen molar-refractivity contribution in [1.82, 2.24) is 15.1 Å². The number of aliphatic hydroxyl groups excluding tert-OH is 1. The van der Waals surface area contributed by atoms with Crippen LogP contribution in [0.2, 0.25) is 0 Å². The van der Waals surface area contributed by atoms with Crippen molar-refractivity contribution in [2.24, 2.45) is 0 Å². The van der Waals surface area contributed by atoms with E-state index in [2.05, 4.69) is 15.7 Å². The maximum Gasteiger partial charge on any atom is 0.320 e. The van der Waals surface area contributed by atoms with Crippen molar-refractivity contribution in [3.05, 3.63) is 48.3 Å². The van der Waals surface area contributed by atoms with Crippen molar-refractivity contribution in [3.8, 4) is 11.3 Å². The van der Waals surface area contributed by atoms with E-state index in [0.29, 0.717) is 17.3 Å². The Morgan fingerprint density at radius 3 is 2.88 bits per heavy atom. The predicted molar refractivity (Wildman–Crippen MR) is 86.3 cm³/mol. The van der Waals surface area contributed by atoms with Crippen molar-refractivity contribution in [1.29, 1.82) is 0 Å². The van der Waals surface area contributed by atoms with Gasteiger partial charge in [-0.3, -0.25) is 5.32 Å². The molecule has 126 valence electrons. The van der Waals surface area contributed by atoms with Crippen molar-refractivity contribution in [2.75, 3.05) is 11.9 Å². The molecule has 0 fully saturated rings. The Kier molecular flexibility index (Phi) is 4.66. The summed E-state index contributed by atoms with van der Waals surface area (Å²) in [6.07, 6.45) is 3.13. The fourth-order valence-electron chi connectivity index (χ4n) is 2.31. The van der Waals surface area contributed by atoms with Crippen molar-refractivity contribution >= 4 is 11.8 Å². The average Bonchev–Trinajstić information content (AvgIpc) is 3.28. The molecule has 8 nitrogen and oxygen atoms in total. The van der Waals surface area contributed by atoms with Gasteiger partial charge in [0.2, 0.25) is 0 Å². The van der Waals surface area contributed by atoms with Crippen LogP contribution >= 0.6 is 0 Å². The largest absolute Gasteiger partial charge is 0.469 e. The van der Waals surface area contributed by atoms with Gasteiger partial charge in [-0.15, -0.1) is 0 Å². The third-order valence-electron chi connectivity index (χ3n) is 3.47. The Morgan fingerprint density at radius 2 is 2.21 bits per heavy atom. The third-order valence-corrected chi connectivity index (χ3v) is 3.47. The van der Waals surface area contributed by atoms with Crippen LogP contribution in [0.15, 0.2) is 45.6 Å². The summed E-state index contributed by atoms with van der Waals surface area (Å²) < 4.78 is 12.0. The first kappa shape index (κ1) is 15.9. The fourth-order valence-corrected chi connectivity index (χ4v) is 2.31. The molecule has 0 aliphatic carbocycles. The van der Waals surface area contributed by atoms with E-state index in [9.17, 15) is 9.90 Å². The van der Waals surface area contributed by atoms with Gasteiger partial charge in [0.25, 0.3) is 0 Å². The van der Waals surface area contributed by atoms with Gasteiger partial charge in [-0.05, 0) is 25.1 Å². The van der Waals surface area contributed by atoms with E-state index < -0.39 is 0 Å². The minimum absolute atomic E-state index is 0.0891. The summed E-state index contributed by atoms with van der Waals surface area (Å²) in [6.45, 7) is 2.29. The molecule has 3 aromatic heterocycles. The second-order valence-corrected chi connectivity index (χ2v) is 5.14. The molecule has 0 bridgehead atoms. The Labute approximate surface area is 138 Å². The molecule has 0 saturated carbocycles. The standard InChI is InChI=1S/C16H18N4O4/c1-11-13(4-8-23-11)14-9-15(20(19-14)5-6-21)18-16(22)17-10-12-3-2-7-24-12/h2-4,7-9,21H,5-6,10H2,1H3,(H2,17,18,22). The summed E-state index contributed by atoms with van der Waals surface area (Å²) in [5.74, 6) is 1.87. The first-order chi connectivity index (χ1) is 11.7. The quantitative estimate of drug-likeness (QED) is 0.643. The molecule has 0 aliphatic heterocycles. The number of aromatic nitrogens is 2. The number of carbonyl (C=O) groups excluding carboxylic acids is 1. The minimum atomic E-state index is -0.388. The molecular weight excluding hydrogens is 312 g/mol. The summed E-state index contributed by atoms with van der Waals surface area (Å²) in [7, 11) is 0. The number of carbonyl (C=O) groups is 1. The molecule has 3 aromatic rings. The molecule has 2 amide bonds. The second kappa shape index (κ2) is 7.05. The van der Waals surface area contributed by atoms with Gasteiger partial charge in [0.1, 0.15) is 17.3 Å². The number of aryl methyl sites for hydroxylation is 1. The zero-order valence-corrected chi connectivity index (χ0v) is 13.2. The molecule has 0 saturated heterocycles. The Balaban J connectivity index is 1.72. The number of hydrogen-bond donors (Lipinski definition) is 3. The van der Waals surface area contributed by atoms with Gasteiger partial charge in [-0.1, -0.05) is 0 Å². The van der Waals surface area contributed by atoms with Crippen LogP contribution in [0.25, 0.3) is 11.3 Å². The lowest BCUT2D eigenvalue weighted by Crippen LogP contribution is -2.29. The van der Waals surface area contributed by atoms with Crippen molar-refractivity contribution in [2.45, 2.75) is 20.0 Å². The molecule has 0 unspecified atom stereocenters. The third kappa shape index (κ3) is 3.49. The van der Waals surface area contributed by atoms with Crippen molar-refractivity contribution < 1.29 is 18.7 Å². The highest BCUT2D eigenvalue weighted by molar-refractivity contribution is 5.89. The van der Waals surface area contributed by atoms with Gasteiger partial charge in [0, 0.05) is 11.6 Å². The number of hydrogen-bond acceptors (Lipinski definition) is 5. The number of rotatable bonds is 6. The first-order valence-corrected chi connectivity index (χ1v) is 7.48. The van der Waals surface area contributed by atoms with E-state index >= 15 is 0 Å². The highest BCUT2D eigenvalue weighted by atomic mass is 16.3. The molecule has 8 heteroatoms. The number of urea groups is 1. The van der Waals surface area contributed by atoms with E-state index in [1.165, 1.54) is 4.68 Å². The summed E-state index contributed by atoms with van der Waals surface area (Å²) >= 11 is 0. The lowest BCUT2D eigenvalue weighted by Gasteiger charge is -2.08. The second-order valence-electron chi connectivity index (χ2n) is 5.14. The topological polar surface area (TPSA) is 105 Å². The van der Waals surface area contributed by atoms with E-state index in [0.717, 1.165) is 11.3 Å². The molecule has 0 atom stereocenters. The summed E-state index contributed by atoms with van der Waals surface area (Å²) in [6, 6.07) is 6.68. The van der Waals surface area contributed by atoms with Gasteiger partial charge in [0.15, 0.2) is 0 Å². The predicted octanol–water partition coefficient (Wildman–Crippen LogP) is 2.36. The number of furan rings is 2. The van der Waals surface area contributed by atoms with Crippen LogP contribution in [-0.4, -0.2) is 27.5 Å². The van der Waals surface area contributed by atoms with Crippen LogP contribution in [0.4, 0.5) is 10.6 Å². The van der Waals surface area contributed by atoms with Crippen LogP contribution in [0.3, 0.4) is 0 Å². The molecule has 0 spiro atoms. The minimum Gasteiger partial charge on any atom is -0.469 e. The highest BCUT2D eigenvalue weighted by Crippen LogP contribution is 2.25. The van der Waals surface area contributed by atoms with Crippen LogP contribution in [0, 0.1) is 6.92 Å². The summed E-state index contributed by atoms with van der Waals surface area (Å²) in [5, 5.41) is 19.0. The molecule has 3 N–H and O–H groups in total. The van der Waals surface area contributed by atoms with Gasteiger partial charge in [-0.2, -0.15) is 5.10 Å². The Morgan fingerprint density at radius 1 is 1.33 bits per heavy atom. The first-order valence-electron chi connectivity index (χ1n) is 7.48. The molecule has 0 aliphatic rings. The smallest absolute Gasteiger partial charge is 0.320 e. The normalized spacial score (nSPS) is 10.8. The number of nitrogens with zero attached hydrogens (tertiary/aromatic N) is 2. The van der Waals surface area contributed by atoms with Crippen LogP contribution in [0.5, 0.6) is 0 Å². The summed E-state index contributed by atoms with van der Waals surface area (Å²) in [4.78, 5) is 12.0. The summed E-state index contributed by atoms with van der Waals surface area (Å²) in [5.41, 5.74) is 1.50. The number of amides is 2. The van der Waals surface area contributed by atoms with E-state index in [1.807, 2.05) is 13.0 Å². The lowest BCUT2D eigenvalue weighted by molar-refractivity contribution is 0.250.